The fraction of sp³-hybridized carbons (Fsp3) is 0.222. The second kappa shape index (κ2) is 13.1. The minimum atomic E-state index is -4.25. The summed E-state index contributed by atoms with van der Waals surface area (Å²) < 4.78 is 77.1. The zero-order chi connectivity index (χ0) is 28.1. The van der Waals surface area contributed by atoms with Crippen LogP contribution in [0.5, 0.6) is 11.6 Å². The fourth-order valence-corrected chi connectivity index (χ4v) is 5.44. The number of hydrogen-bond donors (Lipinski definition) is 3. The number of rotatable bonds is 9. The van der Waals surface area contributed by atoms with Gasteiger partial charge < -0.3 is 15.4 Å². The van der Waals surface area contributed by atoms with Crippen LogP contribution in [0.3, 0.4) is 0 Å². The van der Waals surface area contributed by atoms with Crippen molar-refractivity contribution in [3.63, 3.8) is 0 Å². The minimum absolute atomic E-state index is 0. The third-order valence-corrected chi connectivity index (χ3v) is 7.35. The van der Waals surface area contributed by atoms with Gasteiger partial charge in [0.2, 0.25) is 27.7 Å². The van der Waals surface area contributed by atoms with Gasteiger partial charge in [-0.2, -0.15) is 4.39 Å². The largest absolute Gasteiger partial charge is 0.435 e. The van der Waals surface area contributed by atoms with Crippen LogP contribution in [-0.2, 0) is 15.8 Å². The van der Waals surface area contributed by atoms with E-state index in [1.807, 2.05) is 0 Å². The van der Waals surface area contributed by atoms with Crippen molar-refractivity contribution in [2.75, 3.05) is 23.1 Å². The summed E-state index contributed by atoms with van der Waals surface area (Å²) in [5.74, 6) is -5.88. The molecule has 0 aliphatic carbocycles. The Morgan fingerprint density at radius 2 is 1.80 bits per heavy atom. The second-order valence-corrected chi connectivity index (χ2v) is 10.8. The summed E-state index contributed by atoms with van der Waals surface area (Å²) in [4.78, 5) is 12.8. The highest BCUT2D eigenvalue weighted by atomic mass is 35.5. The van der Waals surface area contributed by atoms with Crippen LogP contribution in [0, 0.1) is 17.5 Å². The molecule has 1 fully saturated rings. The first-order valence-electron chi connectivity index (χ1n) is 12.4. The Balaban J connectivity index is 0.00000387. The zero-order valence-electron chi connectivity index (χ0n) is 21.5. The van der Waals surface area contributed by atoms with Crippen LogP contribution in [0.25, 0.3) is 11.3 Å². The lowest BCUT2D eigenvalue weighted by molar-refractivity contribution is 0.401. The Hall–Kier alpha value is -3.94. The van der Waals surface area contributed by atoms with Gasteiger partial charge in [0.25, 0.3) is 0 Å². The first-order chi connectivity index (χ1) is 19.3. The van der Waals surface area contributed by atoms with Gasteiger partial charge in [-0.1, -0.05) is 30.3 Å². The number of benzene rings is 2. The predicted octanol–water partition coefficient (Wildman–Crippen LogP) is 5.28. The van der Waals surface area contributed by atoms with Gasteiger partial charge in [0.1, 0.15) is 5.69 Å². The third kappa shape index (κ3) is 7.43. The van der Waals surface area contributed by atoms with Crippen LogP contribution >= 0.6 is 12.4 Å². The smallest absolute Gasteiger partial charge is 0.237 e. The number of aromatic nitrogens is 3. The van der Waals surface area contributed by atoms with Crippen molar-refractivity contribution in [1.29, 1.82) is 0 Å². The van der Waals surface area contributed by atoms with Crippen molar-refractivity contribution < 1.29 is 26.3 Å². The van der Waals surface area contributed by atoms with Crippen molar-refractivity contribution in [3.05, 3.63) is 90.0 Å². The lowest BCUT2D eigenvalue weighted by Crippen LogP contribution is -2.38. The minimum Gasteiger partial charge on any atom is -0.435 e. The maximum atomic E-state index is 15.0. The molecule has 216 valence electrons. The highest BCUT2D eigenvalue weighted by Gasteiger charge is 2.25. The standard InChI is InChI=1S/C27H25F3N6O3S.ClH/c28-20-14-22(23(29)24(30)25(20)36-40(37,38)16-17-6-2-1-3-7-17)39-26-19(9-5-12-32-26)21-10-13-33-27(35-21)34-18-8-4-11-31-15-18;/h1-3,5-7,9-10,12-14,18,31,36H,4,8,11,15-16H2,(H,33,34,35);1H. The second-order valence-electron chi connectivity index (χ2n) is 9.12. The van der Waals surface area contributed by atoms with Crippen LogP contribution in [0.1, 0.15) is 18.4 Å². The average Bonchev–Trinajstić information content (AvgIpc) is 2.95. The van der Waals surface area contributed by atoms with Crippen LogP contribution in [-0.4, -0.2) is 42.5 Å². The summed E-state index contributed by atoms with van der Waals surface area (Å²) in [5.41, 5.74) is -0.0539. The van der Waals surface area contributed by atoms with E-state index in [1.54, 1.807) is 41.1 Å². The van der Waals surface area contributed by atoms with Gasteiger partial charge >= 0.3 is 0 Å². The number of hydrogen-bond acceptors (Lipinski definition) is 8. The quantitative estimate of drug-likeness (QED) is 0.220. The van der Waals surface area contributed by atoms with Crippen LogP contribution < -0.4 is 20.1 Å². The van der Waals surface area contributed by atoms with Crippen molar-refractivity contribution >= 4 is 34.1 Å². The molecule has 9 nitrogen and oxygen atoms in total. The highest BCUT2D eigenvalue weighted by Crippen LogP contribution is 2.36. The van der Waals surface area contributed by atoms with E-state index < -0.39 is 44.7 Å². The van der Waals surface area contributed by atoms with Crippen LogP contribution in [0.2, 0.25) is 0 Å². The molecule has 0 bridgehead atoms. The number of nitrogens with zero attached hydrogens (tertiary/aromatic N) is 3. The van der Waals surface area contributed by atoms with Gasteiger partial charge in [0, 0.05) is 31.0 Å². The Morgan fingerprint density at radius 1 is 1.00 bits per heavy atom. The first kappa shape index (κ1) is 30.0. The van der Waals surface area contributed by atoms with Crippen LogP contribution in [0.4, 0.5) is 24.8 Å². The lowest BCUT2D eigenvalue weighted by Gasteiger charge is -2.23. The van der Waals surface area contributed by atoms with Gasteiger partial charge in [-0.05, 0) is 43.1 Å². The summed E-state index contributed by atoms with van der Waals surface area (Å²) >= 11 is 0. The number of anilines is 2. The normalized spacial score (nSPS) is 15.0. The first-order valence-corrected chi connectivity index (χ1v) is 14.1. The molecule has 14 heteroatoms. The number of ether oxygens (including phenoxy) is 1. The van der Waals surface area contributed by atoms with E-state index in [-0.39, 0.29) is 24.3 Å². The predicted molar refractivity (Wildman–Crippen MR) is 151 cm³/mol. The molecule has 0 radical (unpaired) electrons. The zero-order valence-corrected chi connectivity index (χ0v) is 23.1. The van der Waals surface area contributed by atoms with Crippen molar-refractivity contribution in [2.45, 2.75) is 24.6 Å². The molecular formula is C27H26ClF3N6O3S. The highest BCUT2D eigenvalue weighted by molar-refractivity contribution is 7.91. The number of halogens is 4. The lowest BCUT2D eigenvalue weighted by atomic mass is 10.1. The molecule has 2 aromatic heterocycles. The molecule has 1 saturated heterocycles. The van der Waals surface area contributed by atoms with Gasteiger partial charge in [-0.25, -0.2) is 32.2 Å². The van der Waals surface area contributed by atoms with Gasteiger partial charge in [0.15, 0.2) is 17.4 Å². The van der Waals surface area contributed by atoms with E-state index in [4.69, 9.17) is 4.74 Å². The van der Waals surface area contributed by atoms with Gasteiger partial charge in [0.05, 0.1) is 17.0 Å². The molecule has 1 aliphatic heterocycles. The van der Waals surface area contributed by atoms with Crippen molar-refractivity contribution in [3.8, 4) is 22.9 Å². The maximum Gasteiger partial charge on any atom is 0.237 e. The molecule has 5 rings (SSSR count). The van der Waals surface area contributed by atoms with E-state index in [2.05, 4.69) is 25.6 Å². The Morgan fingerprint density at radius 3 is 2.56 bits per heavy atom. The molecular weight excluding hydrogens is 581 g/mol. The van der Waals surface area contributed by atoms with E-state index in [0.717, 1.165) is 25.9 Å². The molecule has 4 aromatic rings. The van der Waals surface area contributed by atoms with E-state index in [0.29, 0.717) is 28.8 Å². The fourth-order valence-electron chi connectivity index (χ4n) is 4.23. The van der Waals surface area contributed by atoms with E-state index in [9.17, 15) is 17.2 Å². The van der Waals surface area contributed by atoms with Gasteiger partial charge in [-0.3, -0.25) is 4.72 Å². The molecule has 1 aliphatic rings. The Labute approximate surface area is 241 Å². The SMILES string of the molecule is Cl.O=S(=O)(Cc1ccccc1)Nc1c(F)cc(Oc2ncccc2-c2ccnc(NC3CCCNC3)n2)c(F)c1F. The number of piperidine rings is 1. The molecule has 0 spiro atoms. The number of nitrogens with one attached hydrogen (secondary N) is 3. The number of pyridine rings is 1. The average molecular weight is 607 g/mol. The van der Waals surface area contributed by atoms with E-state index >= 15 is 4.39 Å². The molecule has 41 heavy (non-hydrogen) atoms. The topological polar surface area (TPSA) is 118 Å². The molecule has 0 saturated carbocycles. The number of sulfonamides is 1. The maximum absolute atomic E-state index is 15.0. The molecule has 1 unspecified atom stereocenters. The van der Waals surface area contributed by atoms with Gasteiger partial charge in [-0.15, -0.1) is 12.4 Å². The van der Waals surface area contributed by atoms with Crippen molar-refractivity contribution in [2.24, 2.45) is 0 Å². The summed E-state index contributed by atoms with van der Waals surface area (Å²) in [7, 11) is -4.25. The third-order valence-electron chi connectivity index (χ3n) is 6.12. The molecule has 2 aromatic carbocycles. The summed E-state index contributed by atoms with van der Waals surface area (Å²) in [5, 5.41) is 6.56. The summed E-state index contributed by atoms with van der Waals surface area (Å²) in [6, 6.07) is 13.5. The molecule has 0 amide bonds. The Kier molecular flexibility index (Phi) is 9.63. The molecule has 1 atom stereocenters. The van der Waals surface area contributed by atoms with E-state index in [1.165, 1.54) is 24.5 Å². The molecule has 3 N–H and O–H groups in total. The summed E-state index contributed by atoms with van der Waals surface area (Å²) in [6.07, 6.45) is 4.87. The monoisotopic (exact) mass is 606 g/mol. The summed E-state index contributed by atoms with van der Waals surface area (Å²) in [6.45, 7) is 1.72. The van der Waals surface area contributed by atoms with Crippen molar-refractivity contribution in [1.82, 2.24) is 20.3 Å². The Bertz CT molecular complexity index is 1610. The van der Waals surface area contributed by atoms with Crippen LogP contribution in [0.15, 0.2) is 67.0 Å². The molecule has 3 heterocycles.